The summed E-state index contributed by atoms with van der Waals surface area (Å²) in [4.78, 5) is 19.2. The zero-order valence-electron chi connectivity index (χ0n) is 10.9. The quantitative estimate of drug-likeness (QED) is 0.856. The van der Waals surface area contributed by atoms with Gasteiger partial charge in [-0.3, -0.25) is 9.78 Å². The molecule has 1 aliphatic carbocycles. The highest BCUT2D eigenvalue weighted by atomic mass is 16.1. The van der Waals surface area contributed by atoms with Crippen LogP contribution in [-0.2, 0) is 0 Å². The summed E-state index contributed by atoms with van der Waals surface area (Å²) in [5.41, 5.74) is 5.76. The first-order chi connectivity index (χ1) is 8.46. The number of rotatable bonds is 3. The van der Waals surface area contributed by atoms with Crippen LogP contribution in [0.4, 0.5) is 5.82 Å². The van der Waals surface area contributed by atoms with Crippen LogP contribution in [-0.4, -0.2) is 21.9 Å². The van der Waals surface area contributed by atoms with E-state index in [0.717, 1.165) is 12.8 Å². The van der Waals surface area contributed by atoms with Crippen LogP contribution in [0.25, 0.3) is 0 Å². The number of carbonyl (C=O) groups is 1. The lowest BCUT2D eigenvalue weighted by molar-refractivity contribution is 0.0995. The molecule has 3 N–H and O–H groups in total. The molecule has 0 radical (unpaired) electrons. The number of nitrogens with two attached hydrogens (primary N) is 1. The first-order valence-corrected chi connectivity index (χ1v) is 6.35. The minimum Gasteiger partial charge on any atom is -0.366 e. The van der Waals surface area contributed by atoms with Gasteiger partial charge in [-0.25, -0.2) is 4.98 Å². The van der Waals surface area contributed by atoms with Gasteiger partial charge in [-0.1, -0.05) is 20.3 Å². The van der Waals surface area contributed by atoms with E-state index in [-0.39, 0.29) is 5.69 Å². The maximum atomic E-state index is 11.0. The molecule has 0 saturated heterocycles. The lowest BCUT2D eigenvalue weighted by atomic mass is 9.75. The Kier molecular flexibility index (Phi) is 3.50. The van der Waals surface area contributed by atoms with Crippen LogP contribution in [0.1, 0.15) is 50.0 Å². The van der Waals surface area contributed by atoms with Gasteiger partial charge in [0, 0.05) is 6.04 Å². The van der Waals surface area contributed by atoms with Gasteiger partial charge in [-0.05, 0) is 24.7 Å². The van der Waals surface area contributed by atoms with E-state index in [2.05, 4.69) is 29.1 Å². The summed E-state index contributed by atoms with van der Waals surface area (Å²) in [5, 5.41) is 3.35. The fourth-order valence-corrected chi connectivity index (χ4v) is 2.58. The van der Waals surface area contributed by atoms with Crippen LogP contribution < -0.4 is 11.1 Å². The van der Waals surface area contributed by atoms with Crippen molar-refractivity contribution in [2.75, 3.05) is 5.32 Å². The van der Waals surface area contributed by atoms with E-state index >= 15 is 0 Å². The first-order valence-electron chi connectivity index (χ1n) is 6.35. The number of hydrogen-bond acceptors (Lipinski definition) is 4. The van der Waals surface area contributed by atoms with Gasteiger partial charge in [0.25, 0.3) is 5.91 Å². The molecule has 1 heterocycles. The summed E-state index contributed by atoms with van der Waals surface area (Å²) in [6, 6.07) is 0.395. The van der Waals surface area contributed by atoms with Gasteiger partial charge in [-0.2, -0.15) is 0 Å². The second kappa shape index (κ2) is 4.92. The molecule has 1 saturated carbocycles. The van der Waals surface area contributed by atoms with Crippen molar-refractivity contribution in [2.24, 2.45) is 11.1 Å². The summed E-state index contributed by atoms with van der Waals surface area (Å²) in [6.07, 6.45) is 7.74. The molecule has 0 spiro atoms. The average Bonchev–Trinajstić information content (AvgIpc) is 2.28. The molecule has 5 heteroatoms. The van der Waals surface area contributed by atoms with Crippen LogP contribution in [0.15, 0.2) is 12.4 Å². The molecule has 1 amide bonds. The molecule has 1 aromatic heterocycles. The Balaban J connectivity index is 2.05. The number of aromatic nitrogens is 2. The van der Waals surface area contributed by atoms with Crippen LogP contribution in [0.5, 0.6) is 0 Å². The third kappa shape index (κ3) is 3.18. The lowest BCUT2D eigenvalue weighted by Crippen LogP contribution is -2.32. The Morgan fingerprint density at radius 3 is 2.94 bits per heavy atom. The highest BCUT2D eigenvalue weighted by molar-refractivity contribution is 5.90. The van der Waals surface area contributed by atoms with E-state index in [1.807, 2.05) is 0 Å². The zero-order valence-corrected chi connectivity index (χ0v) is 10.9. The molecule has 5 nitrogen and oxygen atoms in total. The molecule has 1 atom stereocenters. The Morgan fingerprint density at radius 2 is 2.28 bits per heavy atom. The van der Waals surface area contributed by atoms with Crippen molar-refractivity contribution < 1.29 is 4.79 Å². The number of anilines is 1. The lowest BCUT2D eigenvalue weighted by Gasteiger charge is -2.35. The van der Waals surface area contributed by atoms with Crippen molar-refractivity contribution in [1.82, 2.24) is 9.97 Å². The molecule has 1 unspecified atom stereocenters. The van der Waals surface area contributed by atoms with Crippen molar-refractivity contribution in [1.29, 1.82) is 0 Å². The summed E-state index contributed by atoms with van der Waals surface area (Å²) in [7, 11) is 0. The van der Waals surface area contributed by atoms with E-state index in [1.54, 1.807) is 6.20 Å². The number of carbonyl (C=O) groups excluding carboxylic acids is 1. The molecule has 0 bridgehead atoms. The second-order valence-electron chi connectivity index (χ2n) is 5.76. The molecular formula is C13H20N4O. The zero-order chi connectivity index (χ0) is 13.2. The number of amides is 1. The molecule has 98 valence electrons. The molecule has 2 rings (SSSR count). The van der Waals surface area contributed by atoms with Gasteiger partial charge in [0.1, 0.15) is 11.5 Å². The van der Waals surface area contributed by atoms with Gasteiger partial charge in [0.2, 0.25) is 0 Å². The summed E-state index contributed by atoms with van der Waals surface area (Å²) in [5.74, 6) is 0.0872. The van der Waals surface area contributed by atoms with Crippen LogP contribution in [0.3, 0.4) is 0 Å². The van der Waals surface area contributed by atoms with Gasteiger partial charge in [0.05, 0.1) is 12.4 Å². The Labute approximate surface area is 107 Å². The Hall–Kier alpha value is -1.65. The number of nitrogens with one attached hydrogen (secondary N) is 1. The predicted molar refractivity (Wildman–Crippen MR) is 70.2 cm³/mol. The topological polar surface area (TPSA) is 80.9 Å². The summed E-state index contributed by atoms with van der Waals surface area (Å²) in [6.45, 7) is 4.57. The smallest absolute Gasteiger partial charge is 0.268 e. The number of primary amides is 1. The van der Waals surface area contributed by atoms with Gasteiger partial charge in [0.15, 0.2) is 0 Å². The van der Waals surface area contributed by atoms with Crippen molar-refractivity contribution in [3.63, 3.8) is 0 Å². The standard InChI is InChI=1S/C13H20N4O/c1-13(2)5-3-4-9(6-13)16-11-8-15-7-10(17-11)12(14)18/h7-9H,3-6H2,1-2H3,(H2,14,18)(H,16,17). The molecule has 1 fully saturated rings. The fraction of sp³-hybridized carbons (Fsp3) is 0.615. The fourth-order valence-electron chi connectivity index (χ4n) is 2.58. The van der Waals surface area contributed by atoms with E-state index in [1.165, 1.54) is 19.0 Å². The second-order valence-corrected chi connectivity index (χ2v) is 5.76. The van der Waals surface area contributed by atoms with Crippen molar-refractivity contribution in [2.45, 2.75) is 45.6 Å². The van der Waals surface area contributed by atoms with E-state index in [9.17, 15) is 4.79 Å². The minimum absolute atomic E-state index is 0.204. The maximum Gasteiger partial charge on any atom is 0.268 e. The SMILES string of the molecule is CC1(C)CCCC(Nc2cncc(C(N)=O)n2)C1. The molecule has 0 aliphatic heterocycles. The monoisotopic (exact) mass is 248 g/mol. The van der Waals surface area contributed by atoms with Crippen molar-refractivity contribution >= 4 is 11.7 Å². The Morgan fingerprint density at radius 1 is 1.50 bits per heavy atom. The van der Waals surface area contributed by atoms with Crippen LogP contribution in [0, 0.1) is 5.41 Å². The molecule has 0 aromatic carbocycles. The normalized spacial score (nSPS) is 22.4. The maximum absolute atomic E-state index is 11.0. The average molecular weight is 248 g/mol. The first kappa shape index (κ1) is 12.8. The van der Waals surface area contributed by atoms with E-state index < -0.39 is 5.91 Å². The number of nitrogens with zero attached hydrogens (tertiary/aromatic N) is 2. The predicted octanol–water partition coefficient (Wildman–Crippen LogP) is 1.96. The van der Waals surface area contributed by atoms with Gasteiger partial charge >= 0.3 is 0 Å². The summed E-state index contributed by atoms with van der Waals surface area (Å²) >= 11 is 0. The minimum atomic E-state index is -0.546. The van der Waals surface area contributed by atoms with Gasteiger partial charge in [-0.15, -0.1) is 0 Å². The Bertz CT molecular complexity index is 444. The third-order valence-electron chi connectivity index (χ3n) is 3.44. The molecule has 18 heavy (non-hydrogen) atoms. The molecule has 1 aliphatic rings. The van der Waals surface area contributed by atoms with Gasteiger partial charge < -0.3 is 11.1 Å². The highest BCUT2D eigenvalue weighted by Gasteiger charge is 2.28. The largest absolute Gasteiger partial charge is 0.366 e. The van der Waals surface area contributed by atoms with Crippen molar-refractivity contribution in [3.05, 3.63) is 18.1 Å². The molecule has 1 aromatic rings. The van der Waals surface area contributed by atoms with E-state index in [4.69, 9.17) is 5.73 Å². The highest BCUT2D eigenvalue weighted by Crippen LogP contribution is 2.36. The summed E-state index contributed by atoms with van der Waals surface area (Å²) < 4.78 is 0. The van der Waals surface area contributed by atoms with Crippen LogP contribution in [0.2, 0.25) is 0 Å². The van der Waals surface area contributed by atoms with E-state index in [0.29, 0.717) is 17.3 Å². The van der Waals surface area contributed by atoms with Crippen LogP contribution >= 0.6 is 0 Å². The van der Waals surface area contributed by atoms with Crippen molar-refractivity contribution in [3.8, 4) is 0 Å². The third-order valence-corrected chi connectivity index (χ3v) is 3.44. The number of hydrogen-bond donors (Lipinski definition) is 2. The molecular weight excluding hydrogens is 228 g/mol.